The van der Waals surface area contributed by atoms with Crippen molar-refractivity contribution in [3.63, 3.8) is 0 Å². The van der Waals surface area contributed by atoms with Crippen LogP contribution in [-0.4, -0.2) is 66.0 Å². The molecule has 0 aliphatic carbocycles. The normalized spacial score (nSPS) is 19.7. The summed E-state index contributed by atoms with van der Waals surface area (Å²) in [5, 5.41) is 39.9. The summed E-state index contributed by atoms with van der Waals surface area (Å²) in [5.41, 5.74) is 5.51. The van der Waals surface area contributed by atoms with Gasteiger partial charge in [-0.05, 0) is 12.1 Å². The molecule has 0 spiro atoms. The fourth-order valence-electron chi connectivity index (χ4n) is 4.16. The van der Waals surface area contributed by atoms with Crippen LogP contribution in [0.2, 0.25) is 0 Å². The van der Waals surface area contributed by atoms with Gasteiger partial charge < -0.3 is 35.8 Å². The molecule has 5 N–H and O–H groups in total. The number of phenols is 1. The number of β-lactam (4-membered cyclic amide) rings is 1. The SMILES string of the molecule is Nc1nc(C(=NO)C(=O)NC2C(=O)N3C(C(=O)[O-])=C(C[n+]4cccc5c(O)cccc54)CS[C@@H]23)no1. The number of anilines is 1. The highest BCUT2D eigenvalue weighted by atomic mass is 32.2. The summed E-state index contributed by atoms with van der Waals surface area (Å²) < 4.78 is 6.32. The van der Waals surface area contributed by atoms with Gasteiger partial charge in [-0.25, -0.2) is 0 Å². The van der Waals surface area contributed by atoms with Crippen LogP contribution in [-0.2, 0) is 20.9 Å². The highest BCUT2D eigenvalue weighted by Gasteiger charge is 2.53. The lowest BCUT2D eigenvalue weighted by Gasteiger charge is -2.50. The zero-order valence-electron chi connectivity index (χ0n) is 18.2. The molecule has 15 heteroatoms. The summed E-state index contributed by atoms with van der Waals surface area (Å²) in [6, 6.07) is 7.01. The minimum Gasteiger partial charge on any atom is -0.543 e. The molecule has 184 valence electrons. The maximum absolute atomic E-state index is 12.9. The number of nitrogens with two attached hydrogens (primary N) is 1. The van der Waals surface area contributed by atoms with Crippen LogP contribution >= 0.6 is 11.8 Å². The standard InChI is InChI=1S/C21H17N7O7S/c22-21-24-16(26-35-21)13(25-34)17(30)23-14-18(31)28-15(20(32)33)9(8-36-19(14)28)7-27-6-2-3-10-11(27)4-1-5-12(10)29/h1-6,14,19H,7-8H2,(H5,22,23,24,26,30,32,33,34)/t14?,19-/m0/s1. The number of aromatic hydroxyl groups is 1. The molecule has 2 atom stereocenters. The molecule has 3 aromatic rings. The number of carbonyl (C=O) groups is 3. The molecule has 2 amide bonds. The average Bonchev–Trinajstić information content (AvgIpc) is 3.28. The number of amides is 2. The minimum atomic E-state index is -1.53. The van der Waals surface area contributed by atoms with E-state index in [1.165, 1.54) is 11.8 Å². The van der Waals surface area contributed by atoms with E-state index in [0.717, 1.165) is 4.90 Å². The van der Waals surface area contributed by atoms with Crippen molar-refractivity contribution in [3.05, 3.63) is 53.6 Å². The summed E-state index contributed by atoms with van der Waals surface area (Å²) >= 11 is 1.25. The number of thioether (sulfide) groups is 1. The monoisotopic (exact) mass is 511 g/mol. The molecule has 1 fully saturated rings. The molecular formula is C21H17N7O7S. The zero-order valence-corrected chi connectivity index (χ0v) is 19.0. The van der Waals surface area contributed by atoms with E-state index in [9.17, 15) is 29.8 Å². The molecule has 5 rings (SSSR count). The molecule has 0 radical (unpaired) electrons. The Bertz CT molecular complexity index is 1480. The molecule has 4 heterocycles. The first-order valence-electron chi connectivity index (χ1n) is 10.4. The van der Waals surface area contributed by atoms with E-state index in [0.29, 0.717) is 16.5 Å². The van der Waals surface area contributed by atoms with Gasteiger partial charge in [0.2, 0.25) is 17.1 Å². The summed E-state index contributed by atoms with van der Waals surface area (Å²) in [6.07, 6.45) is 1.74. The Morgan fingerprint density at radius 1 is 1.36 bits per heavy atom. The summed E-state index contributed by atoms with van der Waals surface area (Å²) in [6.45, 7) is 0.130. The van der Waals surface area contributed by atoms with E-state index < -0.39 is 34.9 Å². The van der Waals surface area contributed by atoms with Crippen LogP contribution < -0.4 is 20.7 Å². The van der Waals surface area contributed by atoms with E-state index in [4.69, 9.17) is 5.73 Å². The van der Waals surface area contributed by atoms with Gasteiger partial charge in [0.1, 0.15) is 17.2 Å². The van der Waals surface area contributed by atoms with E-state index in [-0.39, 0.29) is 35.6 Å². The van der Waals surface area contributed by atoms with Gasteiger partial charge in [-0.15, -0.1) is 11.8 Å². The molecule has 1 unspecified atom stereocenters. The van der Waals surface area contributed by atoms with Crippen molar-refractivity contribution in [2.24, 2.45) is 5.16 Å². The number of nitrogens with one attached hydrogen (secondary N) is 1. The van der Waals surface area contributed by atoms with Gasteiger partial charge in [0.15, 0.2) is 12.7 Å². The number of carboxylic acid groups (broad SMARTS) is 1. The predicted octanol–water partition coefficient (Wildman–Crippen LogP) is -1.92. The van der Waals surface area contributed by atoms with Crippen molar-refractivity contribution < 1.29 is 38.9 Å². The third-order valence-electron chi connectivity index (χ3n) is 5.76. The molecule has 2 aromatic heterocycles. The maximum Gasteiger partial charge on any atom is 0.319 e. The van der Waals surface area contributed by atoms with Crippen molar-refractivity contribution in [1.29, 1.82) is 0 Å². The third kappa shape index (κ3) is 3.74. The van der Waals surface area contributed by atoms with E-state index in [1.54, 1.807) is 41.1 Å². The summed E-state index contributed by atoms with van der Waals surface area (Å²) in [4.78, 5) is 42.2. The number of pyridine rings is 1. The van der Waals surface area contributed by atoms with Gasteiger partial charge in [0.25, 0.3) is 11.8 Å². The van der Waals surface area contributed by atoms with Crippen molar-refractivity contribution in [2.75, 3.05) is 11.5 Å². The molecule has 2 aliphatic rings. The summed E-state index contributed by atoms with van der Waals surface area (Å²) in [5.74, 6) is -3.26. The lowest BCUT2D eigenvalue weighted by molar-refractivity contribution is -0.663. The predicted molar refractivity (Wildman–Crippen MR) is 120 cm³/mol. The number of aliphatic carboxylic acids is 1. The van der Waals surface area contributed by atoms with Crippen molar-refractivity contribution in [1.82, 2.24) is 20.4 Å². The second kappa shape index (κ2) is 8.84. The van der Waals surface area contributed by atoms with Gasteiger partial charge in [-0.3, -0.25) is 14.5 Å². The second-order valence-electron chi connectivity index (χ2n) is 7.85. The molecule has 0 saturated carbocycles. The van der Waals surface area contributed by atoms with Crippen LogP contribution in [0.1, 0.15) is 5.82 Å². The number of oxime groups is 1. The number of benzene rings is 1. The number of aromatic nitrogens is 3. The number of carboxylic acids is 1. The average molecular weight is 511 g/mol. The molecule has 0 bridgehead atoms. The van der Waals surface area contributed by atoms with Crippen molar-refractivity contribution >= 4 is 52.2 Å². The number of hydrogen-bond acceptors (Lipinski definition) is 12. The van der Waals surface area contributed by atoms with Crippen LogP contribution in [0.25, 0.3) is 10.9 Å². The highest BCUT2D eigenvalue weighted by molar-refractivity contribution is 8.00. The Morgan fingerprint density at radius 3 is 2.86 bits per heavy atom. The molecular weight excluding hydrogens is 494 g/mol. The minimum absolute atomic E-state index is 0.0832. The molecule has 1 saturated heterocycles. The Hall–Kier alpha value is -4.66. The molecule has 2 aliphatic heterocycles. The van der Waals surface area contributed by atoms with Crippen molar-refractivity contribution in [3.8, 4) is 5.75 Å². The number of hydrogen-bond donors (Lipinski definition) is 4. The van der Waals surface area contributed by atoms with Gasteiger partial charge in [0.05, 0.1) is 17.1 Å². The largest absolute Gasteiger partial charge is 0.543 e. The van der Waals surface area contributed by atoms with E-state index in [2.05, 4.69) is 25.1 Å². The molecule has 36 heavy (non-hydrogen) atoms. The zero-order chi connectivity index (χ0) is 25.6. The van der Waals surface area contributed by atoms with Crippen LogP contribution in [0.5, 0.6) is 5.75 Å². The molecule has 1 aromatic carbocycles. The summed E-state index contributed by atoms with van der Waals surface area (Å²) in [7, 11) is 0. The smallest absolute Gasteiger partial charge is 0.319 e. The number of phenolic OH excluding ortho intramolecular Hbond substituents is 1. The van der Waals surface area contributed by atoms with Gasteiger partial charge >= 0.3 is 6.01 Å². The number of carbonyl (C=O) groups excluding carboxylic acids is 3. The highest BCUT2D eigenvalue weighted by Crippen LogP contribution is 2.40. The van der Waals surface area contributed by atoms with Crippen LogP contribution in [0.15, 0.2) is 57.5 Å². The Morgan fingerprint density at radius 2 is 2.17 bits per heavy atom. The number of rotatable bonds is 6. The Kier molecular flexibility index (Phi) is 5.68. The first kappa shape index (κ1) is 23.1. The van der Waals surface area contributed by atoms with Crippen LogP contribution in [0.3, 0.4) is 0 Å². The fraction of sp³-hybridized carbons (Fsp3) is 0.190. The van der Waals surface area contributed by atoms with Gasteiger partial charge in [-0.1, -0.05) is 16.4 Å². The third-order valence-corrected chi connectivity index (χ3v) is 7.10. The maximum atomic E-state index is 12.9. The Labute approximate surface area is 205 Å². The fourth-order valence-corrected chi connectivity index (χ4v) is 5.49. The van der Waals surface area contributed by atoms with Gasteiger partial charge in [0, 0.05) is 23.5 Å². The lowest BCUT2D eigenvalue weighted by atomic mass is 10.0. The number of nitrogens with zero attached hydrogens (tertiary/aromatic N) is 5. The van der Waals surface area contributed by atoms with E-state index in [1.807, 2.05) is 0 Å². The first-order valence-corrected chi connectivity index (χ1v) is 11.5. The first-order chi connectivity index (χ1) is 17.3. The van der Waals surface area contributed by atoms with Crippen LogP contribution in [0, 0.1) is 0 Å². The number of nitrogen functional groups attached to an aromatic ring is 1. The second-order valence-corrected chi connectivity index (χ2v) is 8.96. The topological polar surface area (TPSA) is 211 Å². The Balaban J connectivity index is 1.39. The van der Waals surface area contributed by atoms with Gasteiger partial charge in [-0.2, -0.15) is 9.55 Å². The lowest BCUT2D eigenvalue weighted by Crippen LogP contribution is -2.71. The molecule has 14 nitrogen and oxygen atoms in total. The van der Waals surface area contributed by atoms with E-state index >= 15 is 0 Å². The number of fused-ring (bicyclic) bond motifs is 2. The quantitative estimate of drug-likeness (QED) is 0.0941. The van der Waals surface area contributed by atoms with Crippen molar-refractivity contribution in [2.45, 2.75) is 18.0 Å². The van der Waals surface area contributed by atoms with Crippen LogP contribution in [0.4, 0.5) is 6.01 Å².